The summed E-state index contributed by atoms with van der Waals surface area (Å²) in [6.07, 6.45) is 1.16. The highest BCUT2D eigenvalue weighted by atomic mass is 32.2. The lowest BCUT2D eigenvalue weighted by Gasteiger charge is -2.14. The summed E-state index contributed by atoms with van der Waals surface area (Å²) in [5.74, 6) is -1.15. The first-order valence-corrected chi connectivity index (χ1v) is 11.5. The predicted octanol–water partition coefficient (Wildman–Crippen LogP) is 4.66. The summed E-state index contributed by atoms with van der Waals surface area (Å²) < 4.78 is 44.2. The van der Waals surface area contributed by atoms with Gasteiger partial charge in [0.15, 0.2) is 9.84 Å². The summed E-state index contributed by atoms with van der Waals surface area (Å²) >= 11 is 0. The van der Waals surface area contributed by atoms with E-state index >= 15 is 0 Å². The second-order valence-electron chi connectivity index (χ2n) is 7.15. The highest BCUT2D eigenvalue weighted by Gasteiger charge is 2.24. The van der Waals surface area contributed by atoms with Gasteiger partial charge in [0.2, 0.25) is 0 Å². The lowest BCUT2D eigenvalue weighted by molar-refractivity contribution is -0.144. The van der Waals surface area contributed by atoms with Crippen molar-refractivity contribution in [2.75, 3.05) is 12.9 Å². The number of ether oxygens (including phenoxy) is 1. The molecule has 1 atom stereocenters. The molecule has 0 bridgehead atoms. The quantitative estimate of drug-likeness (QED) is 0.535. The summed E-state index contributed by atoms with van der Waals surface area (Å²) in [6, 6.07) is 14.5. The number of aromatic nitrogens is 1. The van der Waals surface area contributed by atoms with Crippen LogP contribution in [0.5, 0.6) is 0 Å². The number of esters is 1. The molecule has 0 aliphatic heterocycles. The molecule has 1 aromatic heterocycles. The van der Waals surface area contributed by atoms with E-state index in [0.717, 1.165) is 34.5 Å². The van der Waals surface area contributed by atoms with E-state index in [9.17, 15) is 17.6 Å². The first-order chi connectivity index (χ1) is 14.1. The van der Waals surface area contributed by atoms with E-state index in [0.29, 0.717) is 6.61 Å². The maximum Gasteiger partial charge on any atom is 0.313 e. The van der Waals surface area contributed by atoms with Crippen LogP contribution in [0, 0.1) is 12.7 Å². The molecule has 0 N–H and O–H groups in total. The molecule has 30 heavy (non-hydrogen) atoms. The van der Waals surface area contributed by atoms with Crippen molar-refractivity contribution in [2.45, 2.75) is 31.6 Å². The molecule has 3 aromatic rings. The second-order valence-corrected chi connectivity index (χ2v) is 9.17. The van der Waals surface area contributed by atoms with Crippen molar-refractivity contribution in [3.8, 4) is 16.9 Å². The average Bonchev–Trinajstić information content (AvgIpc) is 3.05. The third kappa shape index (κ3) is 4.31. The van der Waals surface area contributed by atoms with Crippen LogP contribution in [-0.2, 0) is 19.4 Å². The Bertz CT molecular complexity index is 1160. The molecular formula is C23H24FNO4S. The number of hydrogen-bond acceptors (Lipinski definition) is 4. The van der Waals surface area contributed by atoms with E-state index in [1.807, 2.05) is 17.6 Å². The summed E-state index contributed by atoms with van der Waals surface area (Å²) in [6.45, 7) is 5.73. The fourth-order valence-electron chi connectivity index (χ4n) is 3.47. The monoisotopic (exact) mass is 429 g/mol. The fraction of sp³-hybridized carbons (Fsp3) is 0.261. The van der Waals surface area contributed by atoms with Crippen LogP contribution >= 0.6 is 0 Å². The Hall–Kier alpha value is -2.93. The van der Waals surface area contributed by atoms with Crippen molar-refractivity contribution in [1.82, 2.24) is 4.57 Å². The summed E-state index contributed by atoms with van der Waals surface area (Å²) in [7, 11) is -3.31. The van der Waals surface area contributed by atoms with Crippen LogP contribution in [0.3, 0.4) is 0 Å². The lowest BCUT2D eigenvalue weighted by Crippen LogP contribution is -2.13. The van der Waals surface area contributed by atoms with Crippen molar-refractivity contribution in [1.29, 1.82) is 0 Å². The Morgan fingerprint density at radius 3 is 2.23 bits per heavy atom. The molecule has 0 spiro atoms. The van der Waals surface area contributed by atoms with Crippen molar-refractivity contribution < 1.29 is 22.3 Å². The van der Waals surface area contributed by atoms with E-state index in [2.05, 4.69) is 0 Å². The number of halogens is 1. The van der Waals surface area contributed by atoms with Gasteiger partial charge in [0, 0.05) is 17.6 Å². The van der Waals surface area contributed by atoms with Crippen LogP contribution in [0.25, 0.3) is 16.9 Å². The second kappa shape index (κ2) is 8.44. The third-order valence-corrected chi connectivity index (χ3v) is 6.18. The van der Waals surface area contributed by atoms with Gasteiger partial charge in [-0.15, -0.1) is 0 Å². The molecule has 0 fully saturated rings. The highest BCUT2D eigenvalue weighted by Crippen LogP contribution is 2.34. The van der Waals surface area contributed by atoms with Crippen LogP contribution in [0.15, 0.2) is 59.5 Å². The highest BCUT2D eigenvalue weighted by molar-refractivity contribution is 7.90. The van der Waals surface area contributed by atoms with E-state index in [1.54, 1.807) is 50.2 Å². The summed E-state index contributed by atoms with van der Waals surface area (Å²) in [5, 5.41) is 0. The molecule has 0 saturated carbocycles. The SMILES string of the molecule is CCOC(=O)C(C)c1cc(-c2ccc(S(C)(=O)=O)cc2)n(-c2ccc(F)cc2)c1C. The van der Waals surface area contributed by atoms with Gasteiger partial charge in [0.1, 0.15) is 5.82 Å². The summed E-state index contributed by atoms with van der Waals surface area (Å²) in [5.41, 5.74) is 3.89. The Balaban J connectivity index is 2.18. The van der Waals surface area contributed by atoms with E-state index in [-0.39, 0.29) is 16.7 Å². The molecule has 1 heterocycles. The number of benzene rings is 2. The number of rotatable bonds is 6. The minimum absolute atomic E-state index is 0.225. The van der Waals surface area contributed by atoms with Gasteiger partial charge in [-0.3, -0.25) is 4.79 Å². The van der Waals surface area contributed by atoms with Crippen LogP contribution in [-0.4, -0.2) is 31.8 Å². The van der Waals surface area contributed by atoms with Gasteiger partial charge in [-0.05, 0) is 74.4 Å². The normalized spacial score (nSPS) is 12.6. The maximum absolute atomic E-state index is 13.5. The number of hydrogen-bond donors (Lipinski definition) is 0. The molecule has 5 nitrogen and oxygen atoms in total. The van der Waals surface area contributed by atoms with Crippen molar-refractivity contribution in [2.24, 2.45) is 0 Å². The van der Waals surface area contributed by atoms with Gasteiger partial charge in [-0.2, -0.15) is 0 Å². The molecule has 2 aromatic carbocycles. The average molecular weight is 430 g/mol. The van der Waals surface area contributed by atoms with Crippen molar-refractivity contribution in [3.05, 3.63) is 71.7 Å². The topological polar surface area (TPSA) is 65.4 Å². The molecule has 0 aliphatic rings. The zero-order valence-electron chi connectivity index (χ0n) is 17.3. The molecular weight excluding hydrogens is 405 g/mol. The Kier molecular flexibility index (Phi) is 6.12. The largest absolute Gasteiger partial charge is 0.466 e. The van der Waals surface area contributed by atoms with Gasteiger partial charge in [-0.25, -0.2) is 12.8 Å². The molecule has 158 valence electrons. The number of nitrogens with zero attached hydrogens (tertiary/aromatic N) is 1. The zero-order valence-corrected chi connectivity index (χ0v) is 18.2. The third-order valence-electron chi connectivity index (χ3n) is 5.06. The van der Waals surface area contributed by atoms with Crippen LogP contribution in [0.1, 0.15) is 31.0 Å². The minimum Gasteiger partial charge on any atom is -0.466 e. The van der Waals surface area contributed by atoms with Gasteiger partial charge in [0.25, 0.3) is 0 Å². The fourth-order valence-corrected chi connectivity index (χ4v) is 4.10. The number of sulfone groups is 1. The molecule has 1 unspecified atom stereocenters. The van der Waals surface area contributed by atoms with Crippen molar-refractivity contribution >= 4 is 15.8 Å². The van der Waals surface area contributed by atoms with Gasteiger partial charge in [0.05, 0.1) is 23.1 Å². The first-order valence-electron chi connectivity index (χ1n) is 9.58. The Morgan fingerprint density at radius 1 is 1.10 bits per heavy atom. The molecule has 7 heteroatoms. The van der Waals surface area contributed by atoms with E-state index in [1.165, 1.54) is 12.1 Å². The van der Waals surface area contributed by atoms with E-state index in [4.69, 9.17) is 4.74 Å². The van der Waals surface area contributed by atoms with E-state index < -0.39 is 15.8 Å². The molecule has 0 amide bonds. The number of carbonyl (C=O) groups is 1. The van der Waals surface area contributed by atoms with Gasteiger partial charge < -0.3 is 9.30 Å². The van der Waals surface area contributed by atoms with Gasteiger partial charge in [-0.1, -0.05) is 12.1 Å². The number of carbonyl (C=O) groups excluding carboxylic acids is 1. The maximum atomic E-state index is 13.5. The van der Waals surface area contributed by atoms with Gasteiger partial charge >= 0.3 is 5.97 Å². The Morgan fingerprint density at radius 2 is 1.70 bits per heavy atom. The summed E-state index contributed by atoms with van der Waals surface area (Å²) in [4.78, 5) is 12.6. The predicted molar refractivity (Wildman–Crippen MR) is 114 cm³/mol. The molecule has 0 saturated heterocycles. The standard InChI is InChI=1S/C23H24FNO4S/c1-5-29-23(26)15(2)21-14-22(17-6-12-20(13-7-17)30(4,27)28)25(16(21)3)19-10-8-18(24)9-11-19/h6-15H,5H2,1-4H3. The van der Waals surface area contributed by atoms with Crippen LogP contribution in [0.2, 0.25) is 0 Å². The van der Waals surface area contributed by atoms with Crippen LogP contribution < -0.4 is 0 Å². The minimum atomic E-state index is -3.31. The Labute approximate surface area is 176 Å². The smallest absolute Gasteiger partial charge is 0.313 e. The first kappa shape index (κ1) is 21.8. The molecule has 0 aliphatic carbocycles. The zero-order chi connectivity index (χ0) is 22.1. The lowest BCUT2D eigenvalue weighted by atomic mass is 10.0. The molecule has 3 rings (SSSR count). The van der Waals surface area contributed by atoms with Crippen molar-refractivity contribution in [3.63, 3.8) is 0 Å². The van der Waals surface area contributed by atoms with Crippen LogP contribution in [0.4, 0.5) is 4.39 Å². The molecule has 0 radical (unpaired) electrons.